The van der Waals surface area contributed by atoms with Crippen molar-refractivity contribution in [2.75, 3.05) is 37.6 Å². The van der Waals surface area contributed by atoms with Gasteiger partial charge >= 0.3 is 0 Å². The molecule has 132 valence electrons. The van der Waals surface area contributed by atoms with Gasteiger partial charge in [-0.1, -0.05) is 11.6 Å². The van der Waals surface area contributed by atoms with Crippen molar-refractivity contribution in [2.24, 2.45) is 0 Å². The van der Waals surface area contributed by atoms with Gasteiger partial charge in [-0.2, -0.15) is 0 Å². The lowest BCUT2D eigenvalue weighted by atomic mass is 10.1. The first-order valence-corrected chi connectivity index (χ1v) is 8.37. The second kappa shape index (κ2) is 7.36. The van der Waals surface area contributed by atoms with Crippen molar-refractivity contribution in [3.8, 4) is 0 Å². The summed E-state index contributed by atoms with van der Waals surface area (Å²) < 4.78 is 0. The predicted octanol–water partition coefficient (Wildman–Crippen LogP) is 0.868. The first-order valence-electron chi connectivity index (χ1n) is 7.99. The molecule has 0 saturated carbocycles. The number of nitro groups is 1. The second-order valence-corrected chi connectivity index (χ2v) is 7.51. The van der Waals surface area contributed by atoms with E-state index < -0.39 is 4.92 Å². The molecule has 24 heavy (non-hydrogen) atoms. The van der Waals surface area contributed by atoms with E-state index in [0.717, 1.165) is 31.9 Å². The summed E-state index contributed by atoms with van der Waals surface area (Å²) in [6.07, 6.45) is 0. The summed E-state index contributed by atoms with van der Waals surface area (Å²) in [5.74, 6) is 0.0549. The maximum Gasteiger partial charge on any atom is 0.275 e. The van der Waals surface area contributed by atoms with Gasteiger partial charge in [0.2, 0.25) is 0 Å². The molecule has 1 saturated heterocycles. The number of rotatable bonds is 4. The number of non-ortho nitro benzene ring substituents is 1. The van der Waals surface area contributed by atoms with Crippen LogP contribution in [0.5, 0.6) is 0 Å². The number of anilines is 1. The zero-order valence-electron chi connectivity index (χ0n) is 14.3. The minimum atomic E-state index is -0.453. The van der Waals surface area contributed by atoms with Gasteiger partial charge in [0.05, 0.1) is 41.8 Å². The van der Waals surface area contributed by atoms with E-state index in [1.54, 1.807) is 6.07 Å². The van der Waals surface area contributed by atoms with E-state index in [-0.39, 0.29) is 17.1 Å². The lowest BCUT2D eigenvalue weighted by Gasteiger charge is -2.34. The predicted molar refractivity (Wildman–Crippen MR) is 93.8 cm³/mol. The van der Waals surface area contributed by atoms with Crippen molar-refractivity contribution in [1.82, 2.24) is 5.32 Å². The number of carbonyl (C=O) groups is 1. The molecule has 0 atom stereocenters. The van der Waals surface area contributed by atoms with Gasteiger partial charge in [0.1, 0.15) is 0 Å². The molecular weight excluding hydrogens is 332 g/mol. The standard InChI is InChI=1S/C16H23ClN4O3/c1-16(2,3)18-15(22)11-19-6-8-20(9-7-19)14-5-4-12(21(23)24)10-13(14)17/h4-5,10H,6-9,11H2,1-3H3,(H,18,22)/p+1. The maximum atomic E-state index is 12.0. The first kappa shape index (κ1) is 18.5. The molecule has 1 aromatic rings. The summed E-state index contributed by atoms with van der Waals surface area (Å²) in [5, 5.41) is 14.1. The van der Waals surface area contributed by atoms with Gasteiger partial charge in [0.25, 0.3) is 11.6 Å². The highest BCUT2D eigenvalue weighted by atomic mass is 35.5. The van der Waals surface area contributed by atoms with Crippen LogP contribution in [0.3, 0.4) is 0 Å². The van der Waals surface area contributed by atoms with Gasteiger partial charge < -0.3 is 15.1 Å². The lowest BCUT2D eigenvalue weighted by Crippen LogP contribution is -3.16. The Bertz CT molecular complexity index is 622. The fourth-order valence-corrected chi connectivity index (χ4v) is 3.09. The molecule has 0 radical (unpaired) electrons. The van der Waals surface area contributed by atoms with Crippen LogP contribution in [0.15, 0.2) is 18.2 Å². The van der Waals surface area contributed by atoms with Crippen LogP contribution in [0.2, 0.25) is 5.02 Å². The van der Waals surface area contributed by atoms with Crippen LogP contribution < -0.4 is 15.1 Å². The summed E-state index contributed by atoms with van der Waals surface area (Å²) in [6, 6.07) is 4.54. The van der Waals surface area contributed by atoms with Crippen molar-refractivity contribution >= 4 is 28.9 Å². The number of piperazine rings is 1. The summed E-state index contributed by atoms with van der Waals surface area (Å²) in [6.45, 7) is 9.53. The Morgan fingerprint density at radius 2 is 2.00 bits per heavy atom. The summed E-state index contributed by atoms with van der Waals surface area (Å²) >= 11 is 6.18. The van der Waals surface area contributed by atoms with Gasteiger partial charge in [-0.3, -0.25) is 14.9 Å². The molecule has 1 aromatic carbocycles. The third-order valence-corrected chi connectivity index (χ3v) is 4.18. The topological polar surface area (TPSA) is 79.9 Å². The van der Waals surface area contributed by atoms with E-state index in [4.69, 9.17) is 11.6 Å². The summed E-state index contributed by atoms with van der Waals surface area (Å²) in [5.41, 5.74) is 0.581. The molecule has 8 heteroatoms. The number of nitrogens with one attached hydrogen (secondary N) is 2. The molecule has 2 N–H and O–H groups in total. The zero-order valence-corrected chi connectivity index (χ0v) is 15.0. The number of benzene rings is 1. The Balaban J connectivity index is 1.91. The third-order valence-electron chi connectivity index (χ3n) is 3.88. The molecule has 0 bridgehead atoms. The fourth-order valence-electron chi connectivity index (χ4n) is 2.80. The molecular formula is C16H24ClN4O3+. The van der Waals surface area contributed by atoms with Crippen molar-refractivity contribution in [3.63, 3.8) is 0 Å². The van der Waals surface area contributed by atoms with Crippen molar-refractivity contribution in [1.29, 1.82) is 0 Å². The van der Waals surface area contributed by atoms with E-state index in [1.165, 1.54) is 17.0 Å². The van der Waals surface area contributed by atoms with E-state index in [9.17, 15) is 14.9 Å². The van der Waals surface area contributed by atoms with Gasteiger partial charge in [-0.25, -0.2) is 0 Å². The van der Waals surface area contributed by atoms with Crippen molar-refractivity contribution in [2.45, 2.75) is 26.3 Å². The Labute approximate surface area is 146 Å². The molecule has 0 unspecified atom stereocenters. The lowest BCUT2D eigenvalue weighted by molar-refractivity contribution is -0.892. The molecule has 1 amide bonds. The van der Waals surface area contributed by atoms with Crippen LogP contribution in [0.4, 0.5) is 11.4 Å². The van der Waals surface area contributed by atoms with Crippen LogP contribution in [0.1, 0.15) is 20.8 Å². The number of hydrogen-bond acceptors (Lipinski definition) is 4. The highest BCUT2D eigenvalue weighted by Crippen LogP contribution is 2.29. The molecule has 1 aliphatic heterocycles. The van der Waals surface area contributed by atoms with Crippen molar-refractivity contribution < 1.29 is 14.6 Å². The molecule has 0 aromatic heterocycles. The SMILES string of the molecule is CC(C)(C)NC(=O)C[NH+]1CCN(c2ccc([N+](=O)[O-])cc2Cl)CC1. The largest absolute Gasteiger partial charge is 0.359 e. The maximum absolute atomic E-state index is 12.0. The van der Waals surface area contributed by atoms with Gasteiger partial charge in [0, 0.05) is 17.7 Å². The fraction of sp³-hybridized carbons (Fsp3) is 0.562. The van der Waals surface area contributed by atoms with E-state index in [2.05, 4.69) is 10.2 Å². The monoisotopic (exact) mass is 355 g/mol. The number of nitro benzene ring substituents is 1. The number of hydrogen-bond donors (Lipinski definition) is 2. The molecule has 7 nitrogen and oxygen atoms in total. The highest BCUT2D eigenvalue weighted by molar-refractivity contribution is 6.33. The van der Waals surface area contributed by atoms with E-state index >= 15 is 0 Å². The highest BCUT2D eigenvalue weighted by Gasteiger charge is 2.25. The zero-order chi connectivity index (χ0) is 17.9. The minimum absolute atomic E-state index is 0.00753. The van der Waals surface area contributed by atoms with E-state index in [1.807, 2.05) is 20.8 Å². The minimum Gasteiger partial charge on any atom is -0.359 e. The molecule has 1 aliphatic rings. The number of amides is 1. The van der Waals surface area contributed by atoms with Crippen LogP contribution in [0, 0.1) is 10.1 Å². The molecule has 1 fully saturated rings. The van der Waals surface area contributed by atoms with Crippen LogP contribution in [-0.4, -0.2) is 49.1 Å². The first-order chi connectivity index (χ1) is 11.2. The number of nitrogens with zero attached hydrogens (tertiary/aromatic N) is 2. The number of halogens is 1. The van der Waals surface area contributed by atoms with Gasteiger partial charge in [0.15, 0.2) is 6.54 Å². The Morgan fingerprint density at radius 3 is 2.50 bits per heavy atom. The van der Waals surface area contributed by atoms with Crippen molar-refractivity contribution in [3.05, 3.63) is 33.3 Å². The Morgan fingerprint density at radius 1 is 1.38 bits per heavy atom. The van der Waals surface area contributed by atoms with Crippen LogP contribution >= 0.6 is 11.6 Å². The molecule has 0 aliphatic carbocycles. The molecule has 0 spiro atoms. The van der Waals surface area contributed by atoms with E-state index in [0.29, 0.717) is 11.6 Å². The molecule has 2 rings (SSSR count). The average molecular weight is 356 g/mol. The van der Waals surface area contributed by atoms with Gasteiger partial charge in [-0.05, 0) is 26.8 Å². The Hall–Kier alpha value is -1.86. The second-order valence-electron chi connectivity index (χ2n) is 7.10. The van der Waals surface area contributed by atoms with Crippen LogP contribution in [0.25, 0.3) is 0 Å². The van der Waals surface area contributed by atoms with Gasteiger partial charge in [-0.15, -0.1) is 0 Å². The normalized spacial score (nSPS) is 16.1. The summed E-state index contributed by atoms with van der Waals surface area (Å²) in [7, 11) is 0. The molecule has 1 heterocycles. The number of carbonyl (C=O) groups excluding carboxylic acids is 1. The quantitative estimate of drug-likeness (QED) is 0.620. The smallest absolute Gasteiger partial charge is 0.275 e. The average Bonchev–Trinajstić information content (AvgIpc) is 2.46. The number of quaternary nitrogens is 1. The Kier molecular flexibility index (Phi) is 5.66. The van der Waals surface area contributed by atoms with Crippen LogP contribution in [-0.2, 0) is 4.79 Å². The summed E-state index contributed by atoms with van der Waals surface area (Å²) in [4.78, 5) is 25.7. The third kappa shape index (κ3) is 5.07.